The molecule has 1 aliphatic heterocycles. The lowest BCUT2D eigenvalue weighted by Gasteiger charge is -2.28. The van der Waals surface area contributed by atoms with E-state index in [-0.39, 0.29) is 6.03 Å². The van der Waals surface area contributed by atoms with E-state index in [0.717, 1.165) is 18.4 Å². The lowest BCUT2D eigenvalue weighted by molar-refractivity contribution is 0.232. The second-order valence-electron chi connectivity index (χ2n) is 6.88. The van der Waals surface area contributed by atoms with Crippen LogP contribution in [0.25, 0.3) is 0 Å². The van der Waals surface area contributed by atoms with Crippen LogP contribution < -0.4 is 15.5 Å². The number of urea groups is 1. The van der Waals surface area contributed by atoms with Crippen molar-refractivity contribution in [2.24, 2.45) is 0 Å². The maximum Gasteiger partial charge on any atom is 0.315 e. The largest absolute Gasteiger partial charge is 0.372 e. The van der Waals surface area contributed by atoms with Crippen molar-refractivity contribution in [1.82, 2.24) is 10.6 Å². The number of benzene rings is 1. The number of rotatable bonds is 4. The smallest absolute Gasteiger partial charge is 0.315 e. The summed E-state index contributed by atoms with van der Waals surface area (Å²) in [5.74, 6) is 0. The Morgan fingerprint density at radius 1 is 0.957 bits per heavy atom. The quantitative estimate of drug-likeness (QED) is 0.887. The molecule has 0 radical (unpaired) electrons. The molecule has 1 saturated carbocycles. The van der Waals surface area contributed by atoms with Gasteiger partial charge in [0, 0.05) is 31.4 Å². The zero-order valence-electron chi connectivity index (χ0n) is 14.0. The van der Waals surface area contributed by atoms with E-state index in [1.54, 1.807) is 0 Å². The van der Waals surface area contributed by atoms with E-state index in [9.17, 15) is 4.79 Å². The van der Waals surface area contributed by atoms with Crippen LogP contribution in [0.4, 0.5) is 10.5 Å². The Bertz CT molecular complexity index is 488. The first-order valence-electron chi connectivity index (χ1n) is 9.19. The van der Waals surface area contributed by atoms with Crippen LogP contribution in [0.3, 0.4) is 0 Å². The molecule has 1 saturated heterocycles. The second-order valence-corrected chi connectivity index (χ2v) is 6.88. The Labute approximate surface area is 139 Å². The third-order valence-corrected chi connectivity index (χ3v) is 5.05. The van der Waals surface area contributed by atoms with Crippen molar-refractivity contribution in [3.8, 4) is 0 Å². The summed E-state index contributed by atoms with van der Waals surface area (Å²) in [6.07, 6.45) is 9.98. The van der Waals surface area contributed by atoms with Crippen molar-refractivity contribution in [3.63, 3.8) is 0 Å². The van der Waals surface area contributed by atoms with Crippen molar-refractivity contribution < 1.29 is 4.79 Å². The third kappa shape index (κ3) is 4.88. The van der Waals surface area contributed by atoms with Gasteiger partial charge >= 0.3 is 6.03 Å². The first-order chi connectivity index (χ1) is 11.3. The molecule has 23 heavy (non-hydrogen) atoms. The highest BCUT2D eigenvalue weighted by molar-refractivity contribution is 5.74. The van der Waals surface area contributed by atoms with Gasteiger partial charge in [-0.05, 0) is 49.8 Å². The summed E-state index contributed by atoms with van der Waals surface area (Å²) in [7, 11) is 0. The number of carbonyl (C=O) groups is 1. The predicted octanol–water partition coefficient (Wildman–Crippen LogP) is 3.81. The Morgan fingerprint density at radius 2 is 1.61 bits per heavy atom. The van der Waals surface area contributed by atoms with E-state index in [4.69, 9.17) is 0 Å². The Morgan fingerprint density at radius 3 is 2.30 bits per heavy atom. The summed E-state index contributed by atoms with van der Waals surface area (Å²) in [4.78, 5) is 14.4. The number of amides is 2. The molecular weight excluding hydrogens is 286 g/mol. The normalized spacial score (nSPS) is 19.4. The molecule has 0 spiro atoms. The molecule has 0 unspecified atom stereocenters. The molecule has 1 heterocycles. The molecule has 1 aliphatic carbocycles. The SMILES string of the molecule is O=C(NCc1ccc(N2CCCCC2)cc1)NC1CCCCC1. The lowest BCUT2D eigenvalue weighted by atomic mass is 9.96. The van der Waals surface area contributed by atoms with Crippen LogP contribution in [0, 0.1) is 0 Å². The van der Waals surface area contributed by atoms with Crippen LogP contribution in [0.2, 0.25) is 0 Å². The van der Waals surface area contributed by atoms with Crippen molar-refractivity contribution in [1.29, 1.82) is 0 Å². The van der Waals surface area contributed by atoms with E-state index in [2.05, 4.69) is 39.8 Å². The summed E-state index contributed by atoms with van der Waals surface area (Å²) in [6, 6.07) is 8.96. The van der Waals surface area contributed by atoms with Crippen LogP contribution >= 0.6 is 0 Å². The van der Waals surface area contributed by atoms with E-state index in [0.29, 0.717) is 12.6 Å². The van der Waals surface area contributed by atoms with Gasteiger partial charge in [0.1, 0.15) is 0 Å². The molecule has 2 aliphatic rings. The molecule has 0 bridgehead atoms. The highest BCUT2D eigenvalue weighted by Crippen LogP contribution is 2.20. The number of anilines is 1. The minimum atomic E-state index is -0.0305. The van der Waals surface area contributed by atoms with Crippen LogP contribution in [-0.2, 0) is 6.54 Å². The topological polar surface area (TPSA) is 44.4 Å². The predicted molar refractivity (Wildman–Crippen MR) is 94.8 cm³/mol. The van der Waals surface area contributed by atoms with Gasteiger partial charge in [-0.25, -0.2) is 4.79 Å². The van der Waals surface area contributed by atoms with Crippen LogP contribution in [0.15, 0.2) is 24.3 Å². The van der Waals surface area contributed by atoms with Crippen molar-refractivity contribution in [2.45, 2.75) is 64.0 Å². The van der Waals surface area contributed by atoms with Gasteiger partial charge in [-0.2, -0.15) is 0 Å². The lowest BCUT2D eigenvalue weighted by Crippen LogP contribution is -2.42. The average Bonchev–Trinajstić information content (AvgIpc) is 2.62. The Balaban J connectivity index is 1.43. The Kier molecular flexibility index (Phi) is 5.78. The molecule has 4 heteroatoms. The summed E-state index contributed by atoms with van der Waals surface area (Å²) in [5, 5.41) is 6.08. The molecule has 3 rings (SSSR count). The minimum absolute atomic E-state index is 0.0305. The molecule has 1 aromatic rings. The molecule has 0 aromatic heterocycles. The van der Waals surface area contributed by atoms with Gasteiger partial charge in [0.05, 0.1) is 0 Å². The van der Waals surface area contributed by atoms with Crippen molar-refractivity contribution >= 4 is 11.7 Å². The molecule has 0 atom stereocenters. The number of hydrogen-bond acceptors (Lipinski definition) is 2. The van der Waals surface area contributed by atoms with Crippen molar-refractivity contribution in [3.05, 3.63) is 29.8 Å². The first kappa shape index (κ1) is 16.2. The molecule has 126 valence electrons. The number of hydrogen-bond donors (Lipinski definition) is 2. The molecule has 2 N–H and O–H groups in total. The fraction of sp³-hybridized carbons (Fsp3) is 0.632. The zero-order chi connectivity index (χ0) is 15.9. The van der Waals surface area contributed by atoms with Crippen LogP contribution in [0.5, 0.6) is 0 Å². The summed E-state index contributed by atoms with van der Waals surface area (Å²) >= 11 is 0. The number of piperidine rings is 1. The van der Waals surface area contributed by atoms with Gasteiger partial charge in [-0.3, -0.25) is 0 Å². The van der Waals surface area contributed by atoms with E-state index >= 15 is 0 Å². The van der Waals surface area contributed by atoms with Crippen LogP contribution in [0.1, 0.15) is 56.9 Å². The third-order valence-electron chi connectivity index (χ3n) is 5.05. The molecule has 4 nitrogen and oxygen atoms in total. The second kappa shape index (κ2) is 8.23. The van der Waals surface area contributed by atoms with Crippen LogP contribution in [-0.4, -0.2) is 25.2 Å². The monoisotopic (exact) mass is 315 g/mol. The van der Waals surface area contributed by atoms with Gasteiger partial charge in [-0.1, -0.05) is 31.4 Å². The van der Waals surface area contributed by atoms with Gasteiger partial charge in [0.15, 0.2) is 0 Å². The fourth-order valence-corrected chi connectivity index (χ4v) is 3.64. The highest BCUT2D eigenvalue weighted by Gasteiger charge is 2.15. The summed E-state index contributed by atoms with van der Waals surface area (Å²) in [6.45, 7) is 2.93. The van der Waals surface area contributed by atoms with Gasteiger partial charge in [0.25, 0.3) is 0 Å². The van der Waals surface area contributed by atoms with Crippen molar-refractivity contribution in [2.75, 3.05) is 18.0 Å². The molecule has 2 amide bonds. The van der Waals surface area contributed by atoms with Gasteiger partial charge in [-0.15, -0.1) is 0 Å². The first-order valence-corrected chi connectivity index (χ1v) is 9.19. The molecule has 2 fully saturated rings. The number of nitrogens with zero attached hydrogens (tertiary/aromatic N) is 1. The van der Waals surface area contributed by atoms with Gasteiger partial charge < -0.3 is 15.5 Å². The average molecular weight is 315 g/mol. The summed E-state index contributed by atoms with van der Waals surface area (Å²) < 4.78 is 0. The maximum absolute atomic E-state index is 12.0. The number of carbonyl (C=O) groups excluding carboxylic acids is 1. The highest BCUT2D eigenvalue weighted by atomic mass is 16.2. The van der Waals surface area contributed by atoms with E-state index in [1.807, 2.05) is 0 Å². The Hall–Kier alpha value is -1.71. The zero-order valence-corrected chi connectivity index (χ0v) is 14.0. The standard InChI is InChI=1S/C19H29N3O/c23-19(21-17-7-3-1-4-8-17)20-15-16-9-11-18(12-10-16)22-13-5-2-6-14-22/h9-12,17H,1-8,13-15H2,(H2,20,21,23). The van der Waals surface area contributed by atoms with E-state index in [1.165, 1.54) is 57.3 Å². The molecule has 1 aromatic carbocycles. The fourth-order valence-electron chi connectivity index (χ4n) is 3.64. The number of nitrogens with one attached hydrogen (secondary N) is 2. The van der Waals surface area contributed by atoms with Gasteiger partial charge in [0.2, 0.25) is 0 Å². The van der Waals surface area contributed by atoms with E-state index < -0.39 is 0 Å². The minimum Gasteiger partial charge on any atom is -0.372 e. The molecular formula is C19H29N3O. The maximum atomic E-state index is 12.0. The summed E-state index contributed by atoms with van der Waals surface area (Å²) in [5.41, 5.74) is 2.46.